The monoisotopic (exact) mass is 647 g/mol. The zero-order valence-electron chi connectivity index (χ0n) is 28.9. The predicted octanol–water partition coefficient (Wildman–Crippen LogP) is 9.52. The summed E-state index contributed by atoms with van der Waals surface area (Å²) in [6.07, 6.45) is 4.85. The van der Waals surface area contributed by atoms with Crippen molar-refractivity contribution < 1.29 is 5.11 Å². The quantitative estimate of drug-likeness (QED) is 0.188. The van der Waals surface area contributed by atoms with Crippen molar-refractivity contribution in [2.45, 2.75) is 62.8 Å². The van der Waals surface area contributed by atoms with E-state index >= 15 is 0 Å². The van der Waals surface area contributed by atoms with Crippen molar-refractivity contribution in [1.29, 1.82) is 0 Å². The maximum absolute atomic E-state index is 11.7. The minimum Gasteiger partial charge on any atom is -0.508 e. The summed E-state index contributed by atoms with van der Waals surface area (Å²) in [6, 6.07) is 46.3. The molecule has 0 saturated heterocycles. The fraction of sp³-hybridized carbons (Fsp3) is 0.217. The molecule has 2 atom stereocenters. The van der Waals surface area contributed by atoms with E-state index in [1.165, 1.54) is 75.0 Å². The molecule has 1 aliphatic carbocycles. The molecule has 3 aliphatic heterocycles. The minimum absolute atomic E-state index is 0.00223. The van der Waals surface area contributed by atoms with Crippen LogP contribution >= 0.6 is 0 Å². The van der Waals surface area contributed by atoms with Gasteiger partial charge in [0, 0.05) is 39.6 Å². The number of anilines is 4. The zero-order valence-corrected chi connectivity index (χ0v) is 28.9. The highest BCUT2D eigenvalue weighted by atomic mass is 16.3. The lowest BCUT2D eigenvalue weighted by Crippen LogP contribution is -2.50. The lowest BCUT2D eigenvalue weighted by atomic mass is 9.54. The number of aromatic hydroxyl groups is 1. The molecule has 1 radical (unpaired) electrons. The second-order valence-electron chi connectivity index (χ2n) is 15.4. The molecule has 2 N–H and O–H groups in total. The van der Waals surface area contributed by atoms with E-state index in [1.54, 1.807) is 0 Å². The van der Waals surface area contributed by atoms with E-state index in [2.05, 4.69) is 154 Å². The average Bonchev–Trinajstić information content (AvgIpc) is 3.38. The molecule has 1 fully saturated rings. The predicted molar refractivity (Wildman–Crippen MR) is 208 cm³/mol. The molecule has 4 aliphatic rings. The Morgan fingerprint density at radius 2 is 1.34 bits per heavy atom. The number of nitrogens with zero attached hydrogens (tertiary/aromatic N) is 1. The Balaban J connectivity index is 1.26. The molecule has 2 unspecified atom stereocenters. The highest BCUT2D eigenvalue weighted by molar-refractivity contribution is 6.73. The van der Waals surface area contributed by atoms with Gasteiger partial charge in [0.25, 0.3) is 0 Å². The number of rotatable bonds is 3. The van der Waals surface area contributed by atoms with Crippen molar-refractivity contribution in [3.05, 3.63) is 161 Å². The van der Waals surface area contributed by atoms with Crippen LogP contribution in [0.25, 0.3) is 11.1 Å². The maximum Gasteiger partial charge on any atom is 0.197 e. The van der Waals surface area contributed by atoms with Crippen molar-refractivity contribution in [2.75, 3.05) is 10.2 Å². The van der Waals surface area contributed by atoms with Gasteiger partial charge in [-0.25, -0.2) is 0 Å². The number of fused-ring (bicyclic) bond motifs is 7. The molecule has 243 valence electrons. The number of hydrogen-bond acceptors (Lipinski definition) is 3. The first kappa shape index (κ1) is 29.7. The van der Waals surface area contributed by atoms with E-state index < -0.39 is 5.41 Å². The van der Waals surface area contributed by atoms with Crippen LogP contribution in [0.2, 0.25) is 0 Å². The molecular formula is C46H40BN2O. The Hall–Kier alpha value is -5.22. The second-order valence-corrected chi connectivity index (χ2v) is 15.4. The summed E-state index contributed by atoms with van der Waals surface area (Å²) in [6.45, 7) is 7.11. The number of aryl methyl sites for hydroxylation is 1. The Morgan fingerprint density at radius 3 is 2.10 bits per heavy atom. The summed E-state index contributed by atoms with van der Waals surface area (Å²) in [5.41, 5.74) is 16.2. The largest absolute Gasteiger partial charge is 0.508 e. The summed E-state index contributed by atoms with van der Waals surface area (Å²) in [7, 11) is 2.37. The van der Waals surface area contributed by atoms with Gasteiger partial charge in [0.1, 0.15) is 5.75 Å². The van der Waals surface area contributed by atoms with Crippen LogP contribution in [0.15, 0.2) is 127 Å². The number of phenolic OH excluding ortho intramolecular Hbond substituents is 1. The van der Waals surface area contributed by atoms with E-state index in [0.717, 1.165) is 28.8 Å². The third-order valence-electron chi connectivity index (χ3n) is 12.7. The van der Waals surface area contributed by atoms with Crippen LogP contribution in [0.1, 0.15) is 72.9 Å². The number of hydrogen-bond donors (Lipinski definition) is 2. The van der Waals surface area contributed by atoms with Gasteiger partial charge < -0.3 is 15.3 Å². The third kappa shape index (κ3) is 3.77. The lowest BCUT2D eigenvalue weighted by molar-refractivity contribution is 0.214. The van der Waals surface area contributed by atoms with Crippen LogP contribution in [0.4, 0.5) is 22.7 Å². The van der Waals surface area contributed by atoms with E-state index in [9.17, 15) is 5.11 Å². The molecule has 1 saturated carbocycles. The van der Waals surface area contributed by atoms with Crippen molar-refractivity contribution >= 4 is 41.0 Å². The minimum atomic E-state index is -0.533. The average molecular weight is 648 g/mol. The summed E-state index contributed by atoms with van der Waals surface area (Å²) in [5.74, 6) is 0.275. The maximum atomic E-state index is 11.7. The first-order valence-electron chi connectivity index (χ1n) is 18.1. The van der Waals surface area contributed by atoms with E-state index in [0.29, 0.717) is 0 Å². The zero-order chi connectivity index (χ0) is 33.8. The van der Waals surface area contributed by atoms with E-state index in [1.807, 2.05) is 12.1 Å². The van der Waals surface area contributed by atoms with Crippen LogP contribution in [-0.4, -0.2) is 17.9 Å². The van der Waals surface area contributed by atoms with Crippen molar-refractivity contribution in [1.82, 2.24) is 0 Å². The normalized spacial score (nSPS) is 21.9. The van der Waals surface area contributed by atoms with E-state index in [4.69, 9.17) is 0 Å². The number of nitrogens with one attached hydrogen (secondary N) is 1. The molecular weight excluding hydrogens is 607 g/mol. The number of para-hydroxylation sites is 2. The highest BCUT2D eigenvalue weighted by Crippen LogP contribution is 2.60. The Morgan fingerprint density at radius 1 is 0.660 bits per heavy atom. The van der Waals surface area contributed by atoms with Gasteiger partial charge in [0.05, 0.1) is 11.1 Å². The van der Waals surface area contributed by atoms with Gasteiger partial charge in [-0.15, -0.1) is 0 Å². The summed E-state index contributed by atoms with van der Waals surface area (Å²) in [5, 5.41) is 15.7. The SMILES string of the molecule is Cc1cc(-c2cc(O)cc3c2[B]c2cccc4c2N3c2ccccc2C4(c2ccccc2)c2ccccc2)c2c(c1)C1(C)CCCCC1(C)N2. The van der Waals surface area contributed by atoms with Crippen molar-refractivity contribution in [2.24, 2.45) is 0 Å². The highest BCUT2D eigenvalue weighted by Gasteiger charge is 2.54. The Labute approximate surface area is 295 Å². The van der Waals surface area contributed by atoms with Crippen LogP contribution in [0.5, 0.6) is 5.75 Å². The Bertz CT molecular complexity index is 2310. The van der Waals surface area contributed by atoms with Gasteiger partial charge in [-0.3, -0.25) is 0 Å². The molecule has 0 spiro atoms. The van der Waals surface area contributed by atoms with E-state index in [-0.39, 0.29) is 16.7 Å². The van der Waals surface area contributed by atoms with Gasteiger partial charge in [-0.2, -0.15) is 0 Å². The van der Waals surface area contributed by atoms with Crippen molar-refractivity contribution in [3.63, 3.8) is 0 Å². The van der Waals surface area contributed by atoms with Crippen LogP contribution < -0.4 is 21.1 Å². The van der Waals surface area contributed by atoms with Gasteiger partial charge in [-0.1, -0.05) is 134 Å². The molecule has 3 nitrogen and oxygen atoms in total. The second kappa shape index (κ2) is 10.4. The molecule has 6 aromatic rings. The summed E-state index contributed by atoms with van der Waals surface area (Å²) >= 11 is 0. The van der Waals surface area contributed by atoms with Crippen LogP contribution in [0, 0.1) is 6.92 Å². The lowest BCUT2D eigenvalue weighted by Gasteiger charge is -2.49. The third-order valence-corrected chi connectivity index (χ3v) is 12.7. The van der Waals surface area contributed by atoms with Gasteiger partial charge in [0.15, 0.2) is 7.28 Å². The molecule has 0 aromatic heterocycles. The fourth-order valence-electron chi connectivity index (χ4n) is 10.2. The number of benzene rings is 6. The molecule has 0 bridgehead atoms. The van der Waals surface area contributed by atoms with Gasteiger partial charge in [0.2, 0.25) is 0 Å². The topological polar surface area (TPSA) is 35.5 Å². The molecule has 50 heavy (non-hydrogen) atoms. The van der Waals surface area contributed by atoms with Crippen molar-refractivity contribution in [3.8, 4) is 16.9 Å². The molecule has 0 amide bonds. The molecule has 3 heterocycles. The molecule has 10 rings (SSSR count). The fourth-order valence-corrected chi connectivity index (χ4v) is 10.2. The first-order valence-corrected chi connectivity index (χ1v) is 18.1. The van der Waals surface area contributed by atoms with Crippen LogP contribution in [0.3, 0.4) is 0 Å². The van der Waals surface area contributed by atoms with Gasteiger partial charge in [-0.05, 0) is 83.7 Å². The molecule has 6 aromatic carbocycles. The Kier molecular flexibility index (Phi) is 6.17. The smallest absolute Gasteiger partial charge is 0.197 e. The standard InChI is InChI=1S/C46H40BN2O/c1-29-25-34(42-37(26-29)44(2)23-12-13-24-45(44,3)48-42)33-27-32(50)28-40-41(33)47-38-21-14-20-36-43(38)49(40)39-22-11-10-19-35(39)46(36,30-15-6-4-7-16-30)31-17-8-5-9-18-31/h4-11,14-22,25-28,48,50H,12-13,23-24H2,1-3H3. The van der Waals surface area contributed by atoms with Gasteiger partial charge >= 0.3 is 0 Å². The van der Waals surface area contributed by atoms with Crippen LogP contribution in [-0.2, 0) is 10.8 Å². The summed E-state index contributed by atoms with van der Waals surface area (Å²) < 4.78 is 0. The first-order chi connectivity index (χ1) is 24.3. The summed E-state index contributed by atoms with van der Waals surface area (Å²) in [4.78, 5) is 2.43. The molecule has 4 heteroatoms. The number of phenols is 1.